The quantitative estimate of drug-likeness (QED) is 0.912. The predicted molar refractivity (Wildman–Crippen MR) is 84.4 cm³/mol. The van der Waals surface area contributed by atoms with Crippen molar-refractivity contribution in [3.05, 3.63) is 36.0 Å². The summed E-state index contributed by atoms with van der Waals surface area (Å²) in [6, 6.07) is 7.48. The van der Waals surface area contributed by atoms with Crippen molar-refractivity contribution in [2.75, 3.05) is 18.9 Å². The average Bonchev–Trinajstić information content (AvgIpc) is 2.36. The average molecular weight is 287 g/mol. The molecular weight excluding hydrogens is 266 g/mol. The molecule has 5 nitrogen and oxygen atoms in total. The minimum atomic E-state index is -0.932. The number of aryl methyl sites for hydroxylation is 1. The smallest absolute Gasteiger partial charge is 0.321 e. The molecule has 1 aromatic carbocycles. The fourth-order valence-corrected chi connectivity index (χ4v) is 2.30. The maximum atomic E-state index is 12.2. The van der Waals surface area contributed by atoms with Gasteiger partial charge in [-0.2, -0.15) is 0 Å². The number of amides is 2. The van der Waals surface area contributed by atoms with E-state index in [0.717, 1.165) is 16.5 Å². The van der Waals surface area contributed by atoms with Gasteiger partial charge in [-0.3, -0.25) is 4.98 Å². The molecule has 0 fully saturated rings. The van der Waals surface area contributed by atoms with Crippen LogP contribution in [0.25, 0.3) is 10.9 Å². The van der Waals surface area contributed by atoms with Crippen molar-refractivity contribution in [1.29, 1.82) is 0 Å². The van der Waals surface area contributed by atoms with E-state index in [1.807, 2.05) is 31.2 Å². The third kappa shape index (κ3) is 3.92. The first-order valence-corrected chi connectivity index (χ1v) is 6.86. The summed E-state index contributed by atoms with van der Waals surface area (Å²) in [6.07, 6.45) is 1.70. The Hall–Kier alpha value is -2.14. The molecule has 2 amide bonds. The molecule has 0 spiro atoms. The summed E-state index contributed by atoms with van der Waals surface area (Å²) in [5.74, 6) is 0. The second kappa shape index (κ2) is 5.69. The van der Waals surface area contributed by atoms with Crippen molar-refractivity contribution < 1.29 is 9.90 Å². The van der Waals surface area contributed by atoms with E-state index < -0.39 is 5.60 Å². The highest BCUT2D eigenvalue weighted by atomic mass is 16.3. The molecule has 2 N–H and O–H groups in total. The van der Waals surface area contributed by atoms with Gasteiger partial charge in [0.1, 0.15) is 0 Å². The minimum absolute atomic E-state index is 0.246. The first-order chi connectivity index (χ1) is 9.76. The van der Waals surface area contributed by atoms with E-state index >= 15 is 0 Å². The number of hydrogen-bond acceptors (Lipinski definition) is 3. The molecule has 2 aromatic rings. The first-order valence-electron chi connectivity index (χ1n) is 6.86. The number of fused-ring (bicyclic) bond motifs is 1. The number of aliphatic hydroxyl groups is 1. The molecule has 2 rings (SSSR count). The fraction of sp³-hybridized carbons (Fsp3) is 0.375. The van der Waals surface area contributed by atoms with Crippen molar-refractivity contribution >= 4 is 22.6 Å². The van der Waals surface area contributed by atoms with E-state index in [-0.39, 0.29) is 12.6 Å². The van der Waals surface area contributed by atoms with Crippen LogP contribution in [0, 0.1) is 6.92 Å². The number of rotatable bonds is 3. The van der Waals surface area contributed by atoms with E-state index in [0.29, 0.717) is 5.69 Å². The van der Waals surface area contributed by atoms with E-state index in [9.17, 15) is 9.90 Å². The lowest BCUT2D eigenvalue weighted by atomic mass is 10.1. The molecule has 1 aromatic heterocycles. The Balaban J connectivity index is 2.25. The molecule has 0 aliphatic rings. The number of pyridine rings is 1. The zero-order valence-electron chi connectivity index (χ0n) is 12.8. The molecule has 0 unspecified atom stereocenters. The molecule has 21 heavy (non-hydrogen) atoms. The topological polar surface area (TPSA) is 65.5 Å². The van der Waals surface area contributed by atoms with Gasteiger partial charge in [-0.1, -0.05) is 6.07 Å². The van der Waals surface area contributed by atoms with Gasteiger partial charge in [-0.25, -0.2) is 4.79 Å². The van der Waals surface area contributed by atoms with Crippen molar-refractivity contribution in [2.24, 2.45) is 0 Å². The van der Waals surface area contributed by atoms with Crippen LogP contribution in [0.15, 0.2) is 30.5 Å². The number of urea groups is 1. The molecule has 112 valence electrons. The lowest BCUT2D eigenvalue weighted by Gasteiger charge is -2.26. The highest BCUT2D eigenvalue weighted by Crippen LogP contribution is 2.23. The normalized spacial score (nSPS) is 11.5. The van der Waals surface area contributed by atoms with Crippen molar-refractivity contribution in [1.82, 2.24) is 9.88 Å². The van der Waals surface area contributed by atoms with Crippen LogP contribution in [0.5, 0.6) is 0 Å². The SMILES string of the molecule is Cc1cc(NC(=O)N(C)CC(C)(C)O)c2ncccc2c1. The Morgan fingerprint density at radius 2 is 2.14 bits per heavy atom. The summed E-state index contributed by atoms with van der Waals surface area (Å²) < 4.78 is 0. The van der Waals surface area contributed by atoms with Crippen LogP contribution in [0.2, 0.25) is 0 Å². The highest BCUT2D eigenvalue weighted by molar-refractivity contribution is 5.99. The van der Waals surface area contributed by atoms with Gasteiger partial charge in [0.2, 0.25) is 0 Å². The van der Waals surface area contributed by atoms with E-state index in [2.05, 4.69) is 10.3 Å². The Bertz CT molecular complexity index is 662. The van der Waals surface area contributed by atoms with Gasteiger partial charge in [0.25, 0.3) is 0 Å². The van der Waals surface area contributed by atoms with Gasteiger partial charge >= 0.3 is 6.03 Å². The van der Waals surface area contributed by atoms with Crippen LogP contribution in [-0.2, 0) is 0 Å². The van der Waals surface area contributed by atoms with Crippen molar-refractivity contribution in [3.63, 3.8) is 0 Å². The lowest BCUT2D eigenvalue weighted by molar-refractivity contribution is 0.0551. The summed E-state index contributed by atoms with van der Waals surface area (Å²) in [6.45, 7) is 5.56. The highest BCUT2D eigenvalue weighted by Gasteiger charge is 2.20. The van der Waals surface area contributed by atoms with Gasteiger partial charge < -0.3 is 15.3 Å². The van der Waals surface area contributed by atoms with Gasteiger partial charge in [-0.15, -0.1) is 0 Å². The Labute approximate surface area is 124 Å². The summed E-state index contributed by atoms with van der Waals surface area (Å²) in [7, 11) is 1.65. The van der Waals surface area contributed by atoms with Gasteiger partial charge in [0.05, 0.1) is 23.3 Å². The number of hydrogen-bond donors (Lipinski definition) is 2. The monoisotopic (exact) mass is 287 g/mol. The van der Waals surface area contributed by atoms with Gasteiger partial charge in [-0.05, 0) is 44.5 Å². The molecule has 5 heteroatoms. The number of likely N-dealkylation sites (N-methyl/N-ethyl adjacent to an activating group) is 1. The second-order valence-electron chi connectivity index (χ2n) is 5.99. The summed E-state index contributed by atoms with van der Waals surface area (Å²) in [4.78, 5) is 18.0. The zero-order valence-corrected chi connectivity index (χ0v) is 12.8. The molecule has 1 heterocycles. The number of carbonyl (C=O) groups excluding carboxylic acids is 1. The number of nitrogens with one attached hydrogen (secondary N) is 1. The third-order valence-electron chi connectivity index (χ3n) is 3.06. The van der Waals surface area contributed by atoms with Crippen molar-refractivity contribution in [3.8, 4) is 0 Å². The van der Waals surface area contributed by atoms with Crippen LogP contribution >= 0.6 is 0 Å². The zero-order chi connectivity index (χ0) is 15.6. The summed E-state index contributed by atoms with van der Waals surface area (Å²) >= 11 is 0. The van der Waals surface area contributed by atoms with Crippen LogP contribution in [0.1, 0.15) is 19.4 Å². The second-order valence-corrected chi connectivity index (χ2v) is 5.99. The van der Waals surface area contributed by atoms with Gasteiger partial charge in [0, 0.05) is 18.6 Å². The summed E-state index contributed by atoms with van der Waals surface area (Å²) in [5.41, 5.74) is 1.56. The Morgan fingerprint density at radius 3 is 2.81 bits per heavy atom. The molecule has 0 radical (unpaired) electrons. The Morgan fingerprint density at radius 1 is 1.43 bits per heavy atom. The molecule has 0 saturated carbocycles. The van der Waals surface area contributed by atoms with Gasteiger partial charge in [0.15, 0.2) is 0 Å². The van der Waals surface area contributed by atoms with E-state index in [1.54, 1.807) is 27.1 Å². The molecule has 0 aliphatic carbocycles. The largest absolute Gasteiger partial charge is 0.389 e. The molecule has 0 bridgehead atoms. The molecule has 0 aliphatic heterocycles. The number of nitrogens with zero attached hydrogens (tertiary/aromatic N) is 2. The third-order valence-corrected chi connectivity index (χ3v) is 3.06. The maximum Gasteiger partial charge on any atom is 0.321 e. The van der Waals surface area contributed by atoms with Crippen LogP contribution in [0.4, 0.5) is 10.5 Å². The van der Waals surface area contributed by atoms with Crippen LogP contribution in [0.3, 0.4) is 0 Å². The van der Waals surface area contributed by atoms with E-state index in [1.165, 1.54) is 4.90 Å². The predicted octanol–water partition coefficient (Wildman–Crippen LogP) is 2.78. The number of carbonyl (C=O) groups is 1. The first kappa shape index (κ1) is 15.3. The van der Waals surface area contributed by atoms with Crippen LogP contribution < -0.4 is 5.32 Å². The fourth-order valence-electron chi connectivity index (χ4n) is 2.30. The number of benzene rings is 1. The minimum Gasteiger partial charge on any atom is -0.389 e. The van der Waals surface area contributed by atoms with Crippen molar-refractivity contribution in [2.45, 2.75) is 26.4 Å². The lowest BCUT2D eigenvalue weighted by Crippen LogP contribution is -2.41. The van der Waals surface area contributed by atoms with Crippen LogP contribution in [-0.4, -0.2) is 40.2 Å². The molecule has 0 atom stereocenters. The van der Waals surface area contributed by atoms with E-state index in [4.69, 9.17) is 0 Å². The summed E-state index contributed by atoms with van der Waals surface area (Å²) in [5, 5.41) is 13.6. The maximum absolute atomic E-state index is 12.2. The Kier molecular flexibility index (Phi) is 4.14. The number of aromatic nitrogens is 1. The molecular formula is C16H21N3O2. The number of anilines is 1. The standard InChI is InChI=1S/C16H21N3O2/c1-11-8-12-6-5-7-17-14(12)13(9-11)18-15(20)19(4)10-16(2,3)21/h5-9,21H,10H2,1-4H3,(H,18,20). The molecule has 0 saturated heterocycles.